The van der Waals surface area contributed by atoms with Gasteiger partial charge < -0.3 is 14.5 Å². The van der Waals surface area contributed by atoms with E-state index in [9.17, 15) is 4.79 Å². The van der Waals surface area contributed by atoms with Gasteiger partial charge in [0.05, 0.1) is 6.61 Å². The Kier molecular flexibility index (Phi) is 4.45. The first-order chi connectivity index (χ1) is 9.41. The van der Waals surface area contributed by atoms with E-state index in [1.165, 1.54) is 0 Å². The number of aliphatic hydroxyl groups is 1. The summed E-state index contributed by atoms with van der Waals surface area (Å²) in [5.74, 6) is 0.646. The highest BCUT2D eigenvalue weighted by atomic mass is 16.5. The fourth-order valence-corrected chi connectivity index (χ4v) is 2.21. The molecular formula is C14H23N3O3. The number of amides is 1. The van der Waals surface area contributed by atoms with Crippen LogP contribution in [0.3, 0.4) is 0 Å². The van der Waals surface area contributed by atoms with E-state index in [-0.39, 0.29) is 17.9 Å². The second-order valence-corrected chi connectivity index (χ2v) is 6.18. The summed E-state index contributed by atoms with van der Waals surface area (Å²) in [6.07, 6.45) is 0. The number of hydrogen-bond donors (Lipinski definition) is 1. The lowest BCUT2D eigenvalue weighted by atomic mass is 9.93. The number of rotatable bonds is 3. The minimum atomic E-state index is -0.147. The van der Waals surface area contributed by atoms with Crippen LogP contribution in [0.2, 0.25) is 0 Å². The molecule has 2 heterocycles. The molecule has 1 N–H and O–H groups in total. The number of piperazine rings is 1. The van der Waals surface area contributed by atoms with E-state index in [1.807, 2.05) is 20.8 Å². The van der Waals surface area contributed by atoms with Crippen LogP contribution in [-0.2, 0) is 5.41 Å². The van der Waals surface area contributed by atoms with Gasteiger partial charge >= 0.3 is 0 Å². The molecule has 1 aliphatic heterocycles. The van der Waals surface area contributed by atoms with Gasteiger partial charge in [0.1, 0.15) is 5.76 Å². The third-order valence-electron chi connectivity index (χ3n) is 3.54. The van der Waals surface area contributed by atoms with E-state index in [4.69, 9.17) is 9.63 Å². The largest absolute Gasteiger partial charge is 0.395 e. The van der Waals surface area contributed by atoms with Crippen LogP contribution in [0, 0.1) is 0 Å². The molecule has 112 valence electrons. The minimum Gasteiger partial charge on any atom is -0.395 e. The highest BCUT2D eigenvalue weighted by Gasteiger charge is 2.26. The van der Waals surface area contributed by atoms with E-state index < -0.39 is 0 Å². The Balaban J connectivity index is 1.97. The Hall–Kier alpha value is -1.40. The molecule has 1 fully saturated rings. The summed E-state index contributed by atoms with van der Waals surface area (Å²) in [5.41, 5.74) is 0.233. The third-order valence-corrected chi connectivity index (χ3v) is 3.54. The van der Waals surface area contributed by atoms with Gasteiger partial charge in [-0.15, -0.1) is 0 Å². The fourth-order valence-electron chi connectivity index (χ4n) is 2.21. The lowest BCUT2D eigenvalue weighted by molar-refractivity contribution is 0.0605. The zero-order valence-corrected chi connectivity index (χ0v) is 12.4. The first-order valence-electron chi connectivity index (χ1n) is 7.01. The maximum absolute atomic E-state index is 12.3. The molecule has 1 aliphatic rings. The molecule has 1 aromatic heterocycles. The average molecular weight is 281 g/mol. The topological polar surface area (TPSA) is 69.8 Å². The number of aliphatic hydroxyl groups excluding tert-OH is 1. The number of carbonyl (C=O) groups is 1. The SMILES string of the molecule is CC(C)(C)c1cc(C(=O)N2CCN(CCO)CC2)no1. The molecular weight excluding hydrogens is 258 g/mol. The first-order valence-corrected chi connectivity index (χ1v) is 7.01. The number of β-amino-alcohol motifs (C(OH)–C–C–N with tert-alkyl or cyclic N) is 1. The fraction of sp³-hybridized carbons (Fsp3) is 0.714. The highest BCUT2D eigenvalue weighted by Crippen LogP contribution is 2.23. The zero-order valence-electron chi connectivity index (χ0n) is 12.4. The van der Waals surface area contributed by atoms with Gasteiger partial charge in [0, 0.05) is 44.2 Å². The summed E-state index contributed by atoms with van der Waals surface area (Å²) < 4.78 is 5.26. The van der Waals surface area contributed by atoms with Crippen LogP contribution in [0.25, 0.3) is 0 Å². The normalized spacial score (nSPS) is 17.5. The molecule has 0 atom stereocenters. The van der Waals surface area contributed by atoms with Crippen LogP contribution in [0.4, 0.5) is 0 Å². The standard InChI is InChI=1S/C14H23N3O3/c1-14(2,3)12-10-11(15-20-12)13(19)17-6-4-16(5-7-17)8-9-18/h10,18H,4-9H2,1-3H3. The van der Waals surface area contributed by atoms with E-state index in [2.05, 4.69) is 10.1 Å². The number of carbonyl (C=O) groups excluding carboxylic acids is 1. The molecule has 1 amide bonds. The molecule has 6 heteroatoms. The van der Waals surface area contributed by atoms with Gasteiger partial charge in [0.25, 0.3) is 5.91 Å². The Bertz CT molecular complexity index is 456. The van der Waals surface area contributed by atoms with Gasteiger partial charge in [-0.25, -0.2) is 0 Å². The van der Waals surface area contributed by atoms with Gasteiger partial charge in [-0.3, -0.25) is 9.69 Å². The molecule has 0 bridgehead atoms. The summed E-state index contributed by atoms with van der Waals surface area (Å²) in [6.45, 7) is 9.80. The summed E-state index contributed by atoms with van der Waals surface area (Å²) in [7, 11) is 0. The molecule has 2 rings (SSSR count). The quantitative estimate of drug-likeness (QED) is 0.884. The van der Waals surface area contributed by atoms with Crippen LogP contribution in [0.15, 0.2) is 10.6 Å². The predicted octanol–water partition coefficient (Wildman–Crippen LogP) is 0.722. The monoisotopic (exact) mass is 281 g/mol. The van der Waals surface area contributed by atoms with Crippen LogP contribution in [-0.4, -0.2) is 65.3 Å². The van der Waals surface area contributed by atoms with E-state index in [1.54, 1.807) is 11.0 Å². The van der Waals surface area contributed by atoms with Gasteiger partial charge in [-0.2, -0.15) is 0 Å². The molecule has 0 unspecified atom stereocenters. The smallest absolute Gasteiger partial charge is 0.276 e. The van der Waals surface area contributed by atoms with Crippen molar-refractivity contribution in [2.24, 2.45) is 0 Å². The van der Waals surface area contributed by atoms with Gasteiger partial charge in [-0.1, -0.05) is 25.9 Å². The second kappa shape index (κ2) is 5.93. The lowest BCUT2D eigenvalue weighted by Crippen LogP contribution is -2.49. The van der Waals surface area contributed by atoms with Gasteiger partial charge in [0.2, 0.25) is 0 Å². The number of aromatic nitrogens is 1. The molecule has 0 saturated carbocycles. The predicted molar refractivity (Wildman–Crippen MR) is 74.6 cm³/mol. The number of hydrogen-bond acceptors (Lipinski definition) is 5. The second-order valence-electron chi connectivity index (χ2n) is 6.18. The van der Waals surface area contributed by atoms with Crippen molar-refractivity contribution in [3.63, 3.8) is 0 Å². The molecule has 1 saturated heterocycles. The third kappa shape index (κ3) is 3.37. The molecule has 0 aromatic carbocycles. The Labute approximate surface area is 119 Å². The lowest BCUT2D eigenvalue weighted by Gasteiger charge is -2.33. The zero-order chi connectivity index (χ0) is 14.8. The molecule has 0 radical (unpaired) electrons. The van der Waals surface area contributed by atoms with Crippen molar-refractivity contribution in [3.8, 4) is 0 Å². The van der Waals surface area contributed by atoms with Crippen LogP contribution in [0.1, 0.15) is 37.0 Å². The maximum Gasteiger partial charge on any atom is 0.276 e. The molecule has 1 aromatic rings. The van der Waals surface area contributed by atoms with E-state index in [0.717, 1.165) is 18.8 Å². The van der Waals surface area contributed by atoms with Crippen molar-refractivity contribution in [2.45, 2.75) is 26.2 Å². The van der Waals surface area contributed by atoms with Crippen LogP contribution in [0.5, 0.6) is 0 Å². The summed E-state index contributed by atoms with van der Waals surface area (Å²) in [4.78, 5) is 16.3. The van der Waals surface area contributed by atoms with Crippen molar-refractivity contribution in [1.82, 2.24) is 15.0 Å². The Morgan fingerprint density at radius 1 is 1.35 bits per heavy atom. The summed E-state index contributed by atoms with van der Waals surface area (Å²) in [6, 6.07) is 1.74. The van der Waals surface area contributed by atoms with E-state index >= 15 is 0 Å². The minimum absolute atomic E-state index is 0.0760. The van der Waals surface area contributed by atoms with Crippen molar-refractivity contribution in [3.05, 3.63) is 17.5 Å². The number of nitrogens with zero attached hydrogens (tertiary/aromatic N) is 3. The van der Waals surface area contributed by atoms with Crippen LogP contribution < -0.4 is 0 Å². The summed E-state index contributed by atoms with van der Waals surface area (Å²) >= 11 is 0. The highest BCUT2D eigenvalue weighted by molar-refractivity contribution is 5.92. The molecule has 0 aliphatic carbocycles. The van der Waals surface area contributed by atoms with Crippen molar-refractivity contribution < 1.29 is 14.4 Å². The Morgan fingerprint density at radius 2 is 2.00 bits per heavy atom. The molecule has 6 nitrogen and oxygen atoms in total. The van der Waals surface area contributed by atoms with Crippen molar-refractivity contribution in [1.29, 1.82) is 0 Å². The van der Waals surface area contributed by atoms with Gasteiger partial charge in [0.15, 0.2) is 5.69 Å². The van der Waals surface area contributed by atoms with Crippen molar-refractivity contribution >= 4 is 5.91 Å². The molecule has 20 heavy (non-hydrogen) atoms. The Morgan fingerprint density at radius 3 is 2.50 bits per heavy atom. The van der Waals surface area contributed by atoms with E-state index in [0.29, 0.717) is 25.3 Å². The van der Waals surface area contributed by atoms with Crippen LogP contribution >= 0.6 is 0 Å². The van der Waals surface area contributed by atoms with Crippen molar-refractivity contribution in [2.75, 3.05) is 39.3 Å². The van der Waals surface area contributed by atoms with Gasteiger partial charge in [-0.05, 0) is 0 Å². The first kappa shape index (κ1) is 15.0. The summed E-state index contributed by atoms with van der Waals surface area (Å²) in [5, 5.41) is 12.8. The molecule has 0 spiro atoms. The maximum atomic E-state index is 12.3. The average Bonchev–Trinajstić information content (AvgIpc) is 2.89.